The number of pyridine rings is 1. The number of carbonyl (C=O) groups is 2. The van der Waals surface area contributed by atoms with Gasteiger partial charge >= 0.3 is 0 Å². The summed E-state index contributed by atoms with van der Waals surface area (Å²) < 4.78 is 32.9. The van der Waals surface area contributed by atoms with Gasteiger partial charge in [0.2, 0.25) is 5.91 Å². The van der Waals surface area contributed by atoms with E-state index in [0.717, 1.165) is 9.87 Å². The number of hydrogen-bond acceptors (Lipinski definition) is 6. The summed E-state index contributed by atoms with van der Waals surface area (Å²) in [5.41, 5.74) is 0.996. The van der Waals surface area contributed by atoms with E-state index in [2.05, 4.69) is 10.3 Å². The van der Waals surface area contributed by atoms with Gasteiger partial charge in [-0.1, -0.05) is 36.4 Å². The third kappa shape index (κ3) is 4.19. The highest BCUT2D eigenvalue weighted by Crippen LogP contribution is 2.35. The van der Waals surface area contributed by atoms with Crippen LogP contribution in [0.3, 0.4) is 0 Å². The lowest BCUT2D eigenvalue weighted by molar-refractivity contribution is -0.123. The van der Waals surface area contributed by atoms with Gasteiger partial charge < -0.3 is 10.1 Å². The van der Waals surface area contributed by atoms with Gasteiger partial charge in [0.1, 0.15) is 16.5 Å². The third-order valence-corrected chi connectivity index (χ3v) is 7.06. The number of hydrogen-bond donors (Lipinski definition) is 1. The zero-order chi connectivity index (χ0) is 22.7. The highest BCUT2D eigenvalue weighted by Gasteiger charge is 2.40. The molecule has 2 heterocycles. The van der Waals surface area contributed by atoms with E-state index in [4.69, 9.17) is 4.74 Å². The fourth-order valence-corrected chi connectivity index (χ4v) is 5.26. The Kier molecular flexibility index (Phi) is 5.91. The van der Waals surface area contributed by atoms with Crippen molar-refractivity contribution < 1.29 is 22.7 Å². The Morgan fingerprint density at radius 2 is 1.84 bits per heavy atom. The molecule has 164 valence electrons. The molecule has 0 spiro atoms. The molecular formula is C23H21N3O5S. The van der Waals surface area contributed by atoms with Gasteiger partial charge in [0, 0.05) is 30.6 Å². The molecule has 1 saturated heterocycles. The van der Waals surface area contributed by atoms with Gasteiger partial charge in [0.25, 0.3) is 15.9 Å². The van der Waals surface area contributed by atoms with Crippen LogP contribution in [0.15, 0.2) is 77.8 Å². The van der Waals surface area contributed by atoms with E-state index < -0.39 is 21.8 Å². The van der Waals surface area contributed by atoms with Gasteiger partial charge in [-0.3, -0.25) is 9.59 Å². The van der Waals surface area contributed by atoms with Crippen molar-refractivity contribution >= 4 is 27.7 Å². The summed E-state index contributed by atoms with van der Waals surface area (Å²) in [5, 5.41) is 2.61. The van der Waals surface area contributed by atoms with Crippen molar-refractivity contribution in [3.8, 4) is 5.75 Å². The number of amides is 2. The van der Waals surface area contributed by atoms with E-state index in [1.165, 1.54) is 31.5 Å². The Balaban J connectivity index is 1.64. The number of benzene rings is 2. The molecule has 1 aliphatic heterocycles. The van der Waals surface area contributed by atoms with Crippen LogP contribution in [-0.4, -0.2) is 43.2 Å². The van der Waals surface area contributed by atoms with Crippen LogP contribution in [0.1, 0.15) is 28.3 Å². The Bertz CT molecular complexity index is 1250. The zero-order valence-corrected chi connectivity index (χ0v) is 18.1. The normalized spacial score (nSPS) is 16.1. The summed E-state index contributed by atoms with van der Waals surface area (Å²) in [6.07, 6.45) is 1.62. The summed E-state index contributed by atoms with van der Waals surface area (Å²) in [7, 11) is -2.90. The van der Waals surface area contributed by atoms with Crippen LogP contribution < -0.4 is 10.1 Å². The molecule has 0 bridgehead atoms. The minimum atomic E-state index is -4.24. The van der Waals surface area contributed by atoms with Crippen LogP contribution in [0.4, 0.5) is 5.82 Å². The first-order chi connectivity index (χ1) is 15.4. The number of aromatic nitrogens is 1. The van der Waals surface area contributed by atoms with Gasteiger partial charge in [0.15, 0.2) is 0 Å². The standard InChI is InChI=1S/C23H21N3O5S/c1-31-19-11-10-17(23(28)25-21-9-5-6-12-24-21)13-20(19)32(29,30)26-15-18(14-22(26)27)16-7-3-2-4-8-16/h2-13,18H,14-15H2,1H3,(H,24,25,28)/t18-/m0/s1. The lowest BCUT2D eigenvalue weighted by Gasteiger charge is -2.19. The summed E-state index contributed by atoms with van der Waals surface area (Å²) in [6.45, 7) is 0.0265. The molecule has 0 radical (unpaired) electrons. The summed E-state index contributed by atoms with van der Waals surface area (Å²) in [6, 6.07) is 18.4. The van der Waals surface area contributed by atoms with Crippen LogP contribution in [0.2, 0.25) is 0 Å². The van der Waals surface area contributed by atoms with Crippen molar-refractivity contribution in [3.05, 3.63) is 84.1 Å². The van der Waals surface area contributed by atoms with Crippen molar-refractivity contribution in [2.24, 2.45) is 0 Å². The van der Waals surface area contributed by atoms with E-state index in [1.54, 1.807) is 18.2 Å². The number of rotatable bonds is 6. The smallest absolute Gasteiger partial charge is 0.270 e. The number of nitrogens with one attached hydrogen (secondary N) is 1. The summed E-state index contributed by atoms with van der Waals surface area (Å²) in [5.74, 6) is -0.879. The quantitative estimate of drug-likeness (QED) is 0.618. The fraction of sp³-hybridized carbons (Fsp3) is 0.174. The maximum atomic E-state index is 13.4. The van der Waals surface area contributed by atoms with Crippen LogP contribution >= 0.6 is 0 Å². The Morgan fingerprint density at radius 1 is 1.09 bits per heavy atom. The molecule has 0 aliphatic carbocycles. The maximum Gasteiger partial charge on any atom is 0.270 e. The Hall–Kier alpha value is -3.72. The fourth-order valence-electron chi connectivity index (χ4n) is 3.62. The largest absolute Gasteiger partial charge is 0.495 e. The molecule has 2 amide bonds. The minimum absolute atomic E-state index is 0.0265. The van der Waals surface area contributed by atoms with E-state index >= 15 is 0 Å². The average molecular weight is 452 g/mol. The number of ether oxygens (including phenoxy) is 1. The minimum Gasteiger partial charge on any atom is -0.495 e. The summed E-state index contributed by atoms with van der Waals surface area (Å²) in [4.78, 5) is 29.1. The molecule has 1 aromatic heterocycles. The predicted octanol–water partition coefficient (Wildman–Crippen LogP) is 3.05. The van der Waals surface area contributed by atoms with E-state index in [0.29, 0.717) is 5.82 Å². The predicted molar refractivity (Wildman–Crippen MR) is 118 cm³/mol. The molecule has 0 saturated carbocycles. The van der Waals surface area contributed by atoms with Gasteiger partial charge in [0.05, 0.1) is 7.11 Å². The third-order valence-electron chi connectivity index (χ3n) is 5.26. The topological polar surface area (TPSA) is 106 Å². The second-order valence-corrected chi connectivity index (χ2v) is 9.11. The zero-order valence-electron chi connectivity index (χ0n) is 17.3. The van der Waals surface area contributed by atoms with Crippen molar-refractivity contribution in [1.29, 1.82) is 0 Å². The second-order valence-electron chi connectivity index (χ2n) is 7.28. The number of sulfonamides is 1. The van der Waals surface area contributed by atoms with Gasteiger partial charge in [-0.15, -0.1) is 0 Å². The molecule has 3 aromatic rings. The molecule has 2 aromatic carbocycles. The lowest BCUT2D eigenvalue weighted by atomic mass is 9.99. The molecular weight excluding hydrogens is 430 g/mol. The monoisotopic (exact) mass is 451 g/mol. The second kappa shape index (κ2) is 8.80. The SMILES string of the molecule is COc1ccc(C(=O)Nc2ccccn2)cc1S(=O)(=O)N1C[C@@H](c2ccccc2)CC1=O. The van der Waals surface area contributed by atoms with Crippen LogP contribution in [0.25, 0.3) is 0 Å². The van der Waals surface area contributed by atoms with E-state index in [1.807, 2.05) is 30.3 Å². The van der Waals surface area contributed by atoms with Crippen LogP contribution in [-0.2, 0) is 14.8 Å². The number of methoxy groups -OCH3 is 1. The highest BCUT2D eigenvalue weighted by molar-refractivity contribution is 7.89. The first-order valence-corrected chi connectivity index (χ1v) is 11.3. The number of carbonyl (C=O) groups excluding carboxylic acids is 2. The molecule has 32 heavy (non-hydrogen) atoms. The molecule has 1 fully saturated rings. The van der Waals surface area contributed by atoms with Crippen molar-refractivity contribution in [1.82, 2.24) is 9.29 Å². The molecule has 4 rings (SSSR count). The number of anilines is 1. The molecule has 1 atom stereocenters. The van der Waals surface area contributed by atoms with E-state index in [9.17, 15) is 18.0 Å². The molecule has 9 heteroatoms. The Morgan fingerprint density at radius 3 is 2.53 bits per heavy atom. The van der Waals surface area contributed by atoms with Crippen LogP contribution in [0.5, 0.6) is 5.75 Å². The van der Waals surface area contributed by atoms with Gasteiger partial charge in [-0.25, -0.2) is 17.7 Å². The molecule has 1 aliphatic rings. The molecule has 1 N–H and O–H groups in total. The van der Waals surface area contributed by atoms with Gasteiger partial charge in [-0.05, 0) is 35.9 Å². The molecule has 8 nitrogen and oxygen atoms in total. The summed E-state index contributed by atoms with van der Waals surface area (Å²) >= 11 is 0. The van der Waals surface area contributed by atoms with E-state index in [-0.39, 0.29) is 35.1 Å². The first kappa shape index (κ1) is 21.5. The van der Waals surface area contributed by atoms with Crippen molar-refractivity contribution in [2.75, 3.05) is 19.0 Å². The van der Waals surface area contributed by atoms with Crippen molar-refractivity contribution in [3.63, 3.8) is 0 Å². The lowest BCUT2D eigenvalue weighted by Crippen LogP contribution is -2.32. The first-order valence-electron chi connectivity index (χ1n) is 9.91. The highest BCUT2D eigenvalue weighted by atomic mass is 32.2. The average Bonchev–Trinajstić information content (AvgIpc) is 3.22. The maximum absolute atomic E-state index is 13.4. The van der Waals surface area contributed by atoms with Crippen LogP contribution in [0, 0.1) is 0 Å². The van der Waals surface area contributed by atoms with Crippen molar-refractivity contribution in [2.45, 2.75) is 17.2 Å². The number of nitrogens with zero attached hydrogens (tertiary/aromatic N) is 2. The Labute approximate surface area is 185 Å². The molecule has 0 unspecified atom stereocenters. The van der Waals surface area contributed by atoms with Gasteiger partial charge in [-0.2, -0.15) is 0 Å².